The van der Waals surface area contributed by atoms with Crippen LogP contribution < -0.4 is 10.1 Å². The SMILES string of the molecule is CC(=O)c1ccc2c(c1)[C@@H](NC(=O)c1ccc(Cl)cc1)[C@@H](OCOP(=O)(O)O)C(C)(C)O2. The van der Waals surface area contributed by atoms with Crippen molar-refractivity contribution in [3.05, 3.63) is 64.2 Å². The molecule has 2 aromatic rings. The third-order valence-corrected chi connectivity index (χ3v) is 5.67. The van der Waals surface area contributed by atoms with E-state index in [4.69, 9.17) is 30.9 Å². The van der Waals surface area contributed by atoms with Crippen molar-refractivity contribution in [1.82, 2.24) is 5.32 Å². The lowest BCUT2D eigenvalue weighted by atomic mass is 9.85. The molecule has 1 aliphatic heterocycles. The highest BCUT2D eigenvalue weighted by atomic mass is 35.5. The molecule has 3 N–H and O–H groups in total. The van der Waals surface area contributed by atoms with Gasteiger partial charge in [0.2, 0.25) is 0 Å². The zero-order valence-electron chi connectivity index (χ0n) is 17.6. The quantitative estimate of drug-likeness (QED) is 0.309. The molecule has 11 heteroatoms. The summed E-state index contributed by atoms with van der Waals surface area (Å²) in [4.78, 5) is 42.8. The number of fused-ring (bicyclic) bond motifs is 1. The molecule has 0 aliphatic carbocycles. The number of rotatable bonds is 7. The van der Waals surface area contributed by atoms with Crippen LogP contribution in [-0.4, -0.2) is 40.0 Å². The number of hydrogen-bond donors (Lipinski definition) is 3. The molecule has 0 fully saturated rings. The smallest absolute Gasteiger partial charge is 0.471 e. The van der Waals surface area contributed by atoms with E-state index < -0.39 is 38.3 Å². The Morgan fingerprint density at radius 2 is 1.78 bits per heavy atom. The van der Waals surface area contributed by atoms with Crippen LogP contribution in [0.2, 0.25) is 5.02 Å². The van der Waals surface area contributed by atoms with E-state index in [1.807, 2.05) is 0 Å². The number of phosphoric ester groups is 1. The second-order valence-electron chi connectivity index (χ2n) is 7.80. The van der Waals surface area contributed by atoms with Crippen molar-refractivity contribution < 1.29 is 37.9 Å². The lowest BCUT2D eigenvalue weighted by molar-refractivity contribution is -0.141. The topological polar surface area (TPSA) is 131 Å². The molecular formula is C21H23ClNO8P. The van der Waals surface area contributed by atoms with E-state index in [9.17, 15) is 14.2 Å². The van der Waals surface area contributed by atoms with Gasteiger partial charge in [-0.3, -0.25) is 14.1 Å². The lowest BCUT2D eigenvalue weighted by Gasteiger charge is -2.44. The van der Waals surface area contributed by atoms with E-state index in [0.29, 0.717) is 27.5 Å². The van der Waals surface area contributed by atoms with Crippen molar-refractivity contribution in [1.29, 1.82) is 0 Å². The summed E-state index contributed by atoms with van der Waals surface area (Å²) in [5.41, 5.74) is 0.206. The molecule has 1 aliphatic rings. The van der Waals surface area contributed by atoms with Gasteiger partial charge in [0.25, 0.3) is 5.91 Å². The normalized spacial score (nSPS) is 19.6. The van der Waals surface area contributed by atoms with Crippen molar-refractivity contribution in [2.75, 3.05) is 6.79 Å². The molecule has 0 saturated carbocycles. The molecule has 3 rings (SSSR count). The number of ketones is 1. The van der Waals surface area contributed by atoms with Crippen LogP contribution in [-0.2, 0) is 13.8 Å². The number of benzene rings is 2. The van der Waals surface area contributed by atoms with E-state index in [0.717, 1.165) is 0 Å². The fourth-order valence-electron chi connectivity index (χ4n) is 3.46. The van der Waals surface area contributed by atoms with Gasteiger partial charge in [0, 0.05) is 21.7 Å². The number of Topliss-reactive ketones (excluding diaryl/α,β-unsaturated/α-hetero) is 1. The first-order valence-corrected chi connectivity index (χ1v) is 11.5. The number of ether oxygens (including phenoxy) is 2. The number of carbonyl (C=O) groups is 2. The average molecular weight is 484 g/mol. The Morgan fingerprint density at radius 1 is 1.16 bits per heavy atom. The van der Waals surface area contributed by atoms with Gasteiger partial charge in [0.1, 0.15) is 17.5 Å². The molecule has 1 heterocycles. The molecule has 1 amide bonds. The van der Waals surface area contributed by atoms with Crippen LogP contribution in [0.3, 0.4) is 0 Å². The van der Waals surface area contributed by atoms with Crippen LogP contribution in [0.4, 0.5) is 0 Å². The predicted molar refractivity (Wildman–Crippen MR) is 116 cm³/mol. The molecule has 0 bridgehead atoms. The standard InChI is InChI=1S/C21H23ClNO8P/c1-12(24)14-6-9-17-16(10-14)18(23-20(25)13-4-7-15(22)8-5-13)19(21(2,3)31-17)29-11-30-32(26,27)28/h4-10,18-19H,11H2,1-3H3,(H,23,25)(H2,26,27,28)/t18-,19-/m1/s1. The van der Waals surface area contributed by atoms with E-state index in [-0.39, 0.29) is 5.78 Å². The summed E-state index contributed by atoms with van der Waals surface area (Å²) in [7, 11) is -4.77. The van der Waals surface area contributed by atoms with Crippen LogP contribution in [0.15, 0.2) is 42.5 Å². The fourth-order valence-corrected chi connectivity index (χ4v) is 3.78. The van der Waals surface area contributed by atoms with Gasteiger partial charge in [-0.1, -0.05) is 11.6 Å². The Balaban J connectivity index is 1.99. The third kappa shape index (κ3) is 5.75. The number of carbonyl (C=O) groups excluding carboxylic acids is 2. The van der Waals surface area contributed by atoms with Crippen LogP contribution in [0.5, 0.6) is 5.75 Å². The Kier molecular flexibility index (Phi) is 7.09. The van der Waals surface area contributed by atoms with Crippen LogP contribution in [0.25, 0.3) is 0 Å². The second-order valence-corrected chi connectivity index (χ2v) is 9.47. The Bertz CT molecular complexity index is 1070. The first kappa shape index (κ1) is 24.4. The fraction of sp³-hybridized carbons (Fsp3) is 0.333. The minimum atomic E-state index is -4.77. The maximum absolute atomic E-state index is 13.0. The molecule has 172 valence electrons. The van der Waals surface area contributed by atoms with Crippen LogP contribution in [0, 0.1) is 0 Å². The van der Waals surface area contributed by atoms with Gasteiger partial charge in [0.05, 0.1) is 6.04 Å². The van der Waals surface area contributed by atoms with Crippen molar-refractivity contribution in [3.63, 3.8) is 0 Å². The average Bonchev–Trinajstić information content (AvgIpc) is 2.68. The number of amides is 1. The van der Waals surface area contributed by atoms with Crippen molar-refractivity contribution >= 4 is 31.1 Å². The Labute approximate surface area is 189 Å². The van der Waals surface area contributed by atoms with Gasteiger partial charge in [-0.2, -0.15) is 0 Å². The summed E-state index contributed by atoms with van der Waals surface area (Å²) in [6.07, 6.45) is -0.917. The molecular weight excluding hydrogens is 461 g/mol. The van der Waals surface area contributed by atoms with E-state index >= 15 is 0 Å². The zero-order chi connectivity index (χ0) is 23.7. The van der Waals surface area contributed by atoms with Gasteiger partial charge in [-0.15, -0.1) is 0 Å². The van der Waals surface area contributed by atoms with E-state index in [1.54, 1.807) is 56.3 Å². The molecule has 2 atom stereocenters. The second kappa shape index (κ2) is 9.31. The minimum absolute atomic E-state index is 0.178. The Morgan fingerprint density at radius 3 is 2.38 bits per heavy atom. The van der Waals surface area contributed by atoms with Gasteiger partial charge >= 0.3 is 7.82 Å². The summed E-state index contributed by atoms with van der Waals surface area (Å²) in [5.74, 6) is -0.173. The number of nitrogens with one attached hydrogen (secondary N) is 1. The van der Waals surface area contributed by atoms with Gasteiger partial charge in [-0.25, -0.2) is 4.57 Å². The highest BCUT2D eigenvalue weighted by Crippen LogP contribution is 2.43. The van der Waals surface area contributed by atoms with E-state index in [1.165, 1.54) is 6.92 Å². The molecule has 9 nitrogen and oxygen atoms in total. The number of phosphoric acid groups is 1. The summed E-state index contributed by atoms with van der Waals surface area (Å²) in [6, 6.07) is 10.3. The van der Waals surface area contributed by atoms with Crippen LogP contribution in [0.1, 0.15) is 53.1 Å². The molecule has 32 heavy (non-hydrogen) atoms. The molecule has 0 aromatic heterocycles. The van der Waals surface area contributed by atoms with E-state index in [2.05, 4.69) is 9.84 Å². The first-order valence-electron chi connectivity index (χ1n) is 9.59. The largest absolute Gasteiger partial charge is 0.485 e. The summed E-state index contributed by atoms with van der Waals surface area (Å²) >= 11 is 5.90. The van der Waals surface area contributed by atoms with Gasteiger partial charge in [-0.05, 0) is 63.2 Å². The zero-order valence-corrected chi connectivity index (χ0v) is 19.2. The van der Waals surface area contributed by atoms with Gasteiger partial charge < -0.3 is 24.6 Å². The third-order valence-electron chi connectivity index (χ3n) is 4.97. The minimum Gasteiger partial charge on any atom is -0.485 e. The maximum Gasteiger partial charge on any atom is 0.471 e. The summed E-state index contributed by atoms with van der Waals surface area (Å²) < 4.78 is 27.2. The molecule has 0 spiro atoms. The van der Waals surface area contributed by atoms with Crippen molar-refractivity contribution in [3.8, 4) is 5.75 Å². The molecule has 0 unspecified atom stereocenters. The number of halogens is 1. The number of hydrogen-bond acceptors (Lipinski definition) is 6. The highest BCUT2D eigenvalue weighted by molar-refractivity contribution is 7.46. The van der Waals surface area contributed by atoms with Crippen LogP contribution >= 0.6 is 19.4 Å². The monoisotopic (exact) mass is 483 g/mol. The van der Waals surface area contributed by atoms with Gasteiger partial charge in [0.15, 0.2) is 12.6 Å². The molecule has 0 saturated heterocycles. The molecule has 0 radical (unpaired) electrons. The maximum atomic E-state index is 13.0. The Hall–Kier alpha value is -2.26. The molecule has 2 aromatic carbocycles. The van der Waals surface area contributed by atoms with Crippen molar-refractivity contribution in [2.45, 2.75) is 38.5 Å². The predicted octanol–water partition coefficient (Wildman–Crippen LogP) is 3.64. The highest BCUT2D eigenvalue weighted by Gasteiger charge is 2.46. The lowest BCUT2D eigenvalue weighted by Crippen LogP contribution is -2.55. The van der Waals surface area contributed by atoms with Crippen molar-refractivity contribution in [2.24, 2.45) is 0 Å². The first-order chi connectivity index (χ1) is 14.9. The summed E-state index contributed by atoms with van der Waals surface area (Å²) in [6.45, 7) is 4.09. The summed E-state index contributed by atoms with van der Waals surface area (Å²) in [5, 5.41) is 3.36.